The highest BCUT2D eigenvalue weighted by Gasteiger charge is 2.25. The van der Waals surface area contributed by atoms with Crippen LogP contribution in [0, 0.1) is 5.92 Å². The number of hydrogen-bond acceptors (Lipinski definition) is 5. The predicted molar refractivity (Wildman–Crippen MR) is 68.4 cm³/mol. The number of nitrogens with zero attached hydrogens (tertiary/aromatic N) is 1. The van der Waals surface area contributed by atoms with Crippen LogP contribution in [0.4, 0.5) is 0 Å². The third kappa shape index (κ3) is 3.51. The van der Waals surface area contributed by atoms with Crippen LogP contribution in [0.5, 0.6) is 0 Å². The van der Waals surface area contributed by atoms with Gasteiger partial charge in [-0.25, -0.2) is 9.78 Å². The summed E-state index contributed by atoms with van der Waals surface area (Å²) in [6.45, 7) is 5.23. The number of carboxylic acid groups (broad SMARTS) is 1. The first-order valence-electron chi connectivity index (χ1n) is 5.57. The maximum Gasteiger partial charge on any atom is 0.326 e. The molecule has 0 fully saturated rings. The van der Waals surface area contributed by atoms with E-state index in [1.165, 1.54) is 11.3 Å². The van der Waals surface area contributed by atoms with Gasteiger partial charge in [0.1, 0.15) is 16.7 Å². The topological polar surface area (TPSA) is 105 Å². The zero-order valence-corrected chi connectivity index (χ0v) is 11.3. The molecule has 0 saturated carbocycles. The number of aliphatic carboxylic acids is 1. The van der Waals surface area contributed by atoms with Gasteiger partial charge in [0, 0.05) is 5.38 Å². The van der Waals surface area contributed by atoms with Gasteiger partial charge in [0.2, 0.25) is 0 Å². The van der Waals surface area contributed by atoms with Gasteiger partial charge in [-0.1, -0.05) is 13.8 Å². The molecular weight excluding hydrogens is 254 g/mol. The number of hydrogen-bond donors (Lipinski definition) is 3. The van der Waals surface area contributed by atoms with Crippen LogP contribution in [-0.4, -0.2) is 28.0 Å². The monoisotopic (exact) mass is 271 g/mol. The number of amides is 1. The van der Waals surface area contributed by atoms with Crippen LogP contribution in [0.15, 0.2) is 5.38 Å². The van der Waals surface area contributed by atoms with Crippen molar-refractivity contribution >= 4 is 23.2 Å². The van der Waals surface area contributed by atoms with E-state index in [2.05, 4.69) is 10.3 Å². The minimum absolute atomic E-state index is 0.196. The molecular formula is C11H17N3O3S. The van der Waals surface area contributed by atoms with Crippen LogP contribution < -0.4 is 11.1 Å². The van der Waals surface area contributed by atoms with Gasteiger partial charge in [-0.05, 0) is 12.8 Å². The Labute approximate surface area is 109 Å². The van der Waals surface area contributed by atoms with Crippen molar-refractivity contribution in [3.63, 3.8) is 0 Å². The summed E-state index contributed by atoms with van der Waals surface area (Å²) in [5, 5.41) is 13.7. The summed E-state index contributed by atoms with van der Waals surface area (Å²) in [6, 6.07) is -1.16. The second-order valence-corrected chi connectivity index (χ2v) is 5.28. The lowest BCUT2D eigenvalue weighted by Gasteiger charge is -2.16. The van der Waals surface area contributed by atoms with Gasteiger partial charge in [0.15, 0.2) is 0 Å². The molecule has 1 heterocycles. The fourth-order valence-corrected chi connectivity index (χ4v) is 2.09. The molecule has 6 nitrogen and oxygen atoms in total. The van der Waals surface area contributed by atoms with Gasteiger partial charge in [0.05, 0.1) is 6.04 Å². The lowest BCUT2D eigenvalue weighted by Crippen LogP contribution is -2.44. The van der Waals surface area contributed by atoms with E-state index < -0.39 is 17.9 Å². The van der Waals surface area contributed by atoms with Gasteiger partial charge in [-0.2, -0.15) is 0 Å². The molecule has 100 valence electrons. The molecule has 4 N–H and O–H groups in total. The SMILES string of the molecule is CC(N)c1nc(C(=O)N[C@H](C(=O)O)C(C)C)cs1. The lowest BCUT2D eigenvalue weighted by molar-refractivity contribution is -0.140. The standard InChI is InChI=1S/C11H17N3O3S/c1-5(2)8(11(16)17)14-9(15)7-4-18-10(13-7)6(3)12/h4-6,8H,12H2,1-3H3,(H,14,15)(H,16,17)/t6?,8-/m0/s1. The molecule has 0 radical (unpaired) electrons. The van der Waals surface area contributed by atoms with Crippen molar-refractivity contribution < 1.29 is 14.7 Å². The van der Waals surface area contributed by atoms with E-state index >= 15 is 0 Å². The first kappa shape index (κ1) is 14.6. The summed E-state index contributed by atoms with van der Waals surface area (Å²) in [5.74, 6) is -1.74. The maximum atomic E-state index is 11.8. The molecule has 1 unspecified atom stereocenters. The minimum atomic E-state index is -1.05. The lowest BCUT2D eigenvalue weighted by atomic mass is 10.0. The third-order valence-electron chi connectivity index (χ3n) is 2.36. The third-order valence-corrected chi connectivity index (χ3v) is 3.41. The first-order chi connectivity index (χ1) is 8.32. The molecule has 1 aromatic heterocycles. The number of carbonyl (C=O) groups excluding carboxylic acids is 1. The van der Waals surface area contributed by atoms with Gasteiger partial charge in [-0.15, -0.1) is 11.3 Å². The fourth-order valence-electron chi connectivity index (χ4n) is 1.33. The second-order valence-electron chi connectivity index (χ2n) is 4.39. The van der Waals surface area contributed by atoms with Crippen LogP contribution in [-0.2, 0) is 4.79 Å². The molecule has 18 heavy (non-hydrogen) atoms. The van der Waals surface area contributed by atoms with Crippen LogP contribution in [0.2, 0.25) is 0 Å². The smallest absolute Gasteiger partial charge is 0.326 e. The Hall–Kier alpha value is -1.47. The molecule has 1 aromatic rings. The van der Waals surface area contributed by atoms with Gasteiger partial charge in [0.25, 0.3) is 5.91 Å². The highest BCUT2D eigenvalue weighted by molar-refractivity contribution is 7.09. The van der Waals surface area contributed by atoms with Gasteiger partial charge < -0.3 is 16.2 Å². The van der Waals surface area contributed by atoms with E-state index in [-0.39, 0.29) is 17.7 Å². The zero-order valence-electron chi connectivity index (χ0n) is 10.5. The molecule has 1 rings (SSSR count). The summed E-state index contributed by atoms with van der Waals surface area (Å²) in [5.41, 5.74) is 5.85. The van der Waals surface area contributed by atoms with E-state index in [0.29, 0.717) is 5.01 Å². The van der Waals surface area contributed by atoms with Gasteiger partial charge in [-0.3, -0.25) is 4.79 Å². The maximum absolute atomic E-state index is 11.8. The number of carboxylic acids is 1. The van der Waals surface area contributed by atoms with E-state index in [1.54, 1.807) is 26.2 Å². The summed E-state index contributed by atoms with van der Waals surface area (Å²) < 4.78 is 0. The van der Waals surface area contributed by atoms with Gasteiger partial charge >= 0.3 is 5.97 Å². The van der Waals surface area contributed by atoms with Crippen LogP contribution in [0.25, 0.3) is 0 Å². The minimum Gasteiger partial charge on any atom is -0.480 e. The highest BCUT2D eigenvalue weighted by atomic mass is 32.1. The van der Waals surface area contributed by atoms with Crippen molar-refractivity contribution in [1.29, 1.82) is 0 Å². The largest absolute Gasteiger partial charge is 0.480 e. The zero-order chi connectivity index (χ0) is 13.9. The van der Waals surface area contributed by atoms with Crippen molar-refractivity contribution in [2.45, 2.75) is 32.9 Å². The normalized spacial score (nSPS) is 14.3. The molecule has 0 bridgehead atoms. The molecule has 7 heteroatoms. The molecule has 0 aliphatic carbocycles. The van der Waals surface area contributed by atoms with E-state index in [0.717, 1.165) is 0 Å². The predicted octanol–water partition coefficient (Wildman–Crippen LogP) is 1.00. The van der Waals surface area contributed by atoms with E-state index in [9.17, 15) is 9.59 Å². The fraction of sp³-hybridized carbons (Fsp3) is 0.545. The molecule has 0 aliphatic heterocycles. The Morgan fingerprint density at radius 3 is 2.44 bits per heavy atom. The number of rotatable bonds is 5. The highest BCUT2D eigenvalue weighted by Crippen LogP contribution is 2.16. The van der Waals surface area contributed by atoms with E-state index in [4.69, 9.17) is 10.8 Å². The Bertz CT molecular complexity index is 442. The van der Waals surface area contributed by atoms with Crippen molar-refractivity contribution in [3.05, 3.63) is 16.1 Å². The Kier molecular flexibility index (Phi) is 4.80. The molecule has 0 saturated heterocycles. The van der Waals surface area contributed by atoms with Crippen LogP contribution in [0.3, 0.4) is 0 Å². The number of aromatic nitrogens is 1. The first-order valence-corrected chi connectivity index (χ1v) is 6.45. The molecule has 0 spiro atoms. The van der Waals surface area contributed by atoms with Crippen molar-refractivity contribution in [2.75, 3.05) is 0 Å². The Balaban J connectivity index is 2.77. The van der Waals surface area contributed by atoms with Crippen molar-refractivity contribution in [1.82, 2.24) is 10.3 Å². The summed E-state index contributed by atoms with van der Waals surface area (Å²) in [6.07, 6.45) is 0. The summed E-state index contributed by atoms with van der Waals surface area (Å²) >= 11 is 1.29. The number of thiazole rings is 1. The van der Waals surface area contributed by atoms with Crippen LogP contribution in [0.1, 0.15) is 42.3 Å². The Morgan fingerprint density at radius 2 is 2.06 bits per heavy atom. The molecule has 2 atom stereocenters. The number of nitrogens with one attached hydrogen (secondary N) is 1. The van der Waals surface area contributed by atoms with Crippen molar-refractivity contribution in [2.24, 2.45) is 11.7 Å². The average Bonchev–Trinajstić information content (AvgIpc) is 2.73. The molecule has 0 aliphatic rings. The molecule has 0 aromatic carbocycles. The van der Waals surface area contributed by atoms with Crippen molar-refractivity contribution in [3.8, 4) is 0 Å². The summed E-state index contributed by atoms with van der Waals surface area (Å²) in [4.78, 5) is 26.9. The number of carbonyl (C=O) groups is 2. The quantitative estimate of drug-likeness (QED) is 0.741. The average molecular weight is 271 g/mol. The van der Waals surface area contributed by atoms with E-state index in [1.807, 2.05) is 0 Å². The number of nitrogens with two attached hydrogens (primary N) is 1. The van der Waals surface area contributed by atoms with Crippen LogP contribution >= 0.6 is 11.3 Å². The molecule has 1 amide bonds. The second kappa shape index (κ2) is 5.92. The Morgan fingerprint density at radius 1 is 1.44 bits per heavy atom. The summed E-state index contributed by atoms with van der Waals surface area (Å²) in [7, 11) is 0.